The zero-order chi connectivity index (χ0) is 10.7. The Morgan fingerprint density at radius 3 is 2.71 bits per heavy atom. The Bertz CT molecular complexity index is 350. The minimum atomic E-state index is -1.08. The van der Waals surface area contributed by atoms with Crippen molar-refractivity contribution < 1.29 is 18.7 Å². The van der Waals surface area contributed by atoms with E-state index in [-0.39, 0.29) is 17.7 Å². The molecule has 1 aromatic rings. The second kappa shape index (κ2) is 4.17. The summed E-state index contributed by atoms with van der Waals surface area (Å²) >= 11 is 0. The first kappa shape index (κ1) is 10.6. The Kier molecular flexibility index (Phi) is 3.17. The number of halogens is 2. The summed E-state index contributed by atoms with van der Waals surface area (Å²) in [5, 5.41) is 9.29. The van der Waals surface area contributed by atoms with Gasteiger partial charge in [0.2, 0.25) is 0 Å². The molecule has 0 spiro atoms. The molecule has 14 heavy (non-hydrogen) atoms. The highest BCUT2D eigenvalue weighted by Gasteiger charge is 2.18. The third-order valence-electron chi connectivity index (χ3n) is 2.05. The van der Waals surface area contributed by atoms with Gasteiger partial charge in [0.15, 0.2) is 11.6 Å². The summed E-state index contributed by atoms with van der Waals surface area (Å²) < 4.78 is 26.0. The molecule has 0 fully saturated rings. The van der Waals surface area contributed by atoms with Gasteiger partial charge in [-0.3, -0.25) is 0 Å². The van der Waals surface area contributed by atoms with Crippen LogP contribution in [0.5, 0.6) is 5.75 Å². The number of benzene rings is 1. The van der Waals surface area contributed by atoms with Crippen molar-refractivity contribution in [2.75, 3.05) is 0 Å². The van der Waals surface area contributed by atoms with E-state index in [0.717, 1.165) is 12.1 Å². The molecule has 0 aliphatic heterocycles. The lowest BCUT2D eigenvalue weighted by atomic mass is 9.97. The van der Waals surface area contributed by atoms with Gasteiger partial charge in [-0.25, -0.2) is 8.78 Å². The van der Waals surface area contributed by atoms with E-state index in [9.17, 15) is 18.7 Å². The van der Waals surface area contributed by atoms with Crippen LogP contribution in [-0.2, 0) is 4.79 Å². The van der Waals surface area contributed by atoms with E-state index >= 15 is 0 Å². The number of carbonyl (C=O) groups is 1. The normalized spacial score (nSPS) is 12.5. The summed E-state index contributed by atoms with van der Waals surface area (Å²) in [6.45, 7) is 1.55. The number of phenols is 1. The molecule has 1 aromatic carbocycles. The molecule has 0 amide bonds. The van der Waals surface area contributed by atoms with Crippen molar-refractivity contribution in [3.05, 3.63) is 29.3 Å². The van der Waals surface area contributed by atoms with Crippen molar-refractivity contribution in [3.8, 4) is 5.75 Å². The van der Waals surface area contributed by atoms with E-state index < -0.39 is 17.6 Å². The van der Waals surface area contributed by atoms with Gasteiger partial charge < -0.3 is 9.90 Å². The van der Waals surface area contributed by atoms with Gasteiger partial charge in [-0.05, 0) is 18.1 Å². The zero-order valence-corrected chi connectivity index (χ0v) is 7.63. The van der Waals surface area contributed by atoms with Crippen LogP contribution in [0.2, 0.25) is 0 Å². The molecule has 1 rings (SSSR count). The summed E-state index contributed by atoms with van der Waals surface area (Å²) in [6.07, 6.45) is 0.655. The maximum absolute atomic E-state index is 13.2. The van der Waals surface area contributed by atoms with Gasteiger partial charge in [-0.1, -0.05) is 6.92 Å². The second-order valence-corrected chi connectivity index (χ2v) is 3.10. The SMILES string of the molecule is CC(CC=O)c1c(O)ccc(F)c1F. The van der Waals surface area contributed by atoms with Crippen LogP contribution in [-0.4, -0.2) is 11.4 Å². The lowest BCUT2D eigenvalue weighted by Crippen LogP contribution is -2.01. The largest absolute Gasteiger partial charge is 0.508 e. The van der Waals surface area contributed by atoms with E-state index in [4.69, 9.17) is 0 Å². The maximum Gasteiger partial charge on any atom is 0.165 e. The Morgan fingerprint density at radius 1 is 1.50 bits per heavy atom. The number of aldehydes is 1. The molecule has 0 aromatic heterocycles. The third kappa shape index (κ3) is 1.89. The Hall–Kier alpha value is -1.45. The molecular weight excluding hydrogens is 190 g/mol. The predicted molar refractivity (Wildman–Crippen MR) is 47.1 cm³/mol. The fraction of sp³-hybridized carbons (Fsp3) is 0.300. The Labute approximate surface area is 80.2 Å². The molecule has 1 N–H and O–H groups in total. The van der Waals surface area contributed by atoms with Crippen LogP contribution in [0.1, 0.15) is 24.8 Å². The summed E-state index contributed by atoms with van der Waals surface area (Å²) in [4.78, 5) is 10.2. The topological polar surface area (TPSA) is 37.3 Å². The molecule has 0 aliphatic carbocycles. The molecule has 0 saturated heterocycles. The molecule has 4 heteroatoms. The molecule has 0 heterocycles. The van der Waals surface area contributed by atoms with Crippen LogP contribution >= 0.6 is 0 Å². The van der Waals surface area contributed by atoms with Crippen molar-refractivity contribution >= 4 is 6.29 Å². The van der Waals surface area contributed by atoms with Gasteiger partial charge in [0, 0.05) is 12.0 Å². The third-order valence-corrected chi connectivity index (χ3v) is 2.05. The van der Waals surface area contributed by atoms with Crippen LogP contribution in [0.25, 0.3) is 0 Å². The molecule has 0 saturated carbocycles. The number of hydrogen-bond acceptors (Lipinski definition) is 2. The minimum Gasteiger partial charge on any atom is -0.508 e. The molecule has 0 aliphatic rings. The number of rotatable bonds is 3. The van der Waals surface area contributed by atoms with Crippen molar-refractivity contribution in [2.45, 2.75) is 19.3 Å². The van der Waals surface area contributed by atoms with Gasteiger partial charge in [0.05, 0.1) is 0 Å². The van der Waals surface area contributed by atoms with Gasteiger partial charge in [-0.15, -0.1) is 0 Å². The Morgan fingerprint density at radius 2 is 2.14 bits per heavy atom. The van der Waals surface area contributed by atoms with Crippen molar-refractivity contribution in [1.29, 1.82) is 0 Å². The molecule has 1 atom stereocenters. The van der Waals surface area contributed by atoms with E-state index in [1.165, 1.54) is 0 Å². The number of phenolic OH excluding ortho intramolecular Hbond substituents is 1. The van der Waals surface area contributed by atoms with Crippen molar-refractivity contribution in [3.63, 3.8) is 0 Å². The summed E-state index contributed by atoms with van der Waals surface area (Å²) in [5.74, 6) is -2.95. The quantitative estimate of drug-likeness (QED) is 0.760. The second-order valence-electron chi connectivity index (χ2n) is 3.10. The lowest BCUT2D eigenvalue weighted by molar-refractivity contribution is -0.108. The van der Waals surface area contributed by atoms with Gasteiger partial charge in [-0.2, -0.15) is 0 Å². The molecule has 0 bridgehead atoms. The minimum absolute atomic E-state index is 0.0495. The van der Waals surface area contributed by atoms with Crippen LogP contribution in [0.3, 0.4) is 0 Å². The van der Waals surface area contributed by atoms with Crippen LogP contribution in [0.15, 0.2) is 12.1 Å². The van der Waals surface area contributed by atoms with E-state index in [1.807, 2.05) is 0 Å². The first-order chi connectivity index (χ1) is 6.57. The van der Waals surface area contributed by atoms with Crippen LogP contribution in [0, 0.1) is 11.6 Å². The summed E-state index contributed by atoms with van der Waals surface area (Å²) in [6, 6.07) is 1.93. The van der Waals surface area contributed by atoms with Crippen LogP contribution < -0.4 is 0 Å². The summed E-state index contributed by atoms with van der Waals surface area (Å²) in [7, 11) is 0. The van der Waals surface area contributed by atoms with Crippen molar-refractivity contribution in [2.24, 2.45) is 0 Å². The molecular formula is C10H10F2O2. The molecule has 76 valence electrons. The predicted octanol–water partition coefficient (Wildman–Crippen LogP) is 2.36. The fourth-order valence-electron chi connectivity index (χ4n) is 1.29. The van der Waals surface area contributed by atoms with Gasteiger partial charge in [0.25, 0.3) is 0 Å². The monoisotopic (exact) mass is 200 g/mol. The average Bonchev–Trinajstić information content (AvgIpc) is 2.13. The zero-order valence-electron chi connectivity index (χ0n) is 7.63. The highest BCUT2D eigenvalue weighted by atomic mass is 19.2. The Balaban J connectivity index is 3.17. The van der Waals surface area contributed by atoms with Crippen LogP contribution in [0.4, 0.5) is 8.78 Å². The lowest BCUT2D eigenvalue weighted by Gasteiger charge is -2.11. The standard InChI is InChI=1S/C10H10F2O2/c1-6(4-5-13)9-8(14)3-2-7(11)10(9)12/h2-3,5-6,14H,4H2,1H3. The molecule has 0 radical (unpaired) electrons. The van der Waals surface area contributed by atoms with E-state index in [1.54, 1.807) is 6.92 Å². The molecule has 1 unspecified atom stereocenters. The smallest absolute Gasteiger partial charge is 0.165 e. The first-order valence-electron chi connectivity index (χ1n) is 4.18. The number of aromatic hydroxyl groups is 1. The van der Waals surface area contributed by atoms with E-state index in [2.05, 4.69) is 0 Å². The maximum atomic E-state index is 13.2. The number of carbonyl (C=O) groups excluding carboxylic acids is 1. The van der Waals surface area contributed by atoms with E-state index in [0.29, 0.717) is 6.29 Å². The fourth-order valence-corrected chi connectivity index (χ4v) is 1.29. The highest BCUT2D eigenvalue weighted by Crippen LogP contribution is 2.31. The average molecular weight is 200 g/mol. The van der Waals surface area contributed by atoms with Crippen molar-refractivity contribution in [1.82, 2.24) is 0 Å². The highest BCUT2D eigenvalue weighted by molar-refractivity contribution is 5.52. The number of hydrogen-bond donors (Lipinski definition) is 1. The first-order valence-corrected chi connectivity index (χ1v) is 4.18. The summed E-state index contributed by atoms with van der Waals surface area (Å²) in [5.41, 5.74) is -0.142. The van der Waals surface area contributed by atoms with Gasteiger partial charge >= 0.3 is 0 Å². The van der Waals surface area contributed by atoms with Gasteiger partial charge in [0.1, 0.15) is 12.0 Å². The molecule has 2 nitrogen and oxygen atoms in total.